The highest BCUT2D eigenvalue weighted by atomic mass is 28.2. The lowest BCUT2D eigenvalue weighted by Crippen LogP contribution is -2.25. The smallest absolute Gasteiger partial charge is 0.187 e. The van der Waals surface area contributed by atoms with Crippen molar-refractivity contribution in [1.29, 1.82) is 0 Å². The first kappa shape index (κ1) is 12.8. The molecule has 0 heterocycles. The SMILES string of the molecule is C#CC(C)(O[SiH2]C=C(C)C)c1ccccc1. The number of rotatable bonds is 4. The molecule has 0 aliphatic carbocycles. The maximum absolute atomic E-state index is 5.90. The van der Waals surface area contributed by atoms with Gasteiger partial charge >= 0.3 is 0 Å². The highest BCUT2D eigenvalue weighted by molar-refractivity contribution is 6.34. The second kappa shape index (κ2) is 5.69. The van der Waals surface area contributed by atoms with Gasteiger partial charge in [-0.3, -0.25) is 0 Å². The van der Waals surface area contributed by atoms with Crippen LogP contribution in [0.25, 0.3) is 0 Å². The molecule has 0 bridgehead atoms. The molecule has 0 radical (unpaired) electrons. The molecular weight excluding hydrogens is 212 g/mol. The fourth-order valence-electron chi connectivity index (χ4n) is 1.34. The topological polar surface area (TPSA) is 9.23 Å². The molecule has 0 spiro atoms. The Kier molecular flexibility index (Phi) is 4.54. The maximum Gasteiger partial charge on any atom is 0.187 e. The van der Waals surface area contributed by atoms with Crippen LogP contribution in [0.15, 0.2) is 41.6 Å². The van der Waals surface area contributed by atoms with Crippen LogP contribution in [0.1, 0.15) is 26.3 Å². The van der Waals surface area contributed by atoms with Gasteiger partial charge in [-0.25, -0.2) is 0 Å². The van der Waals surface area contributed by atoms with Gasteiger partial charge in [0.05, 0.1) is 0 Å². The Balaban J connectivity index is 2.80. The Morgan fingerprint density at radius 3 is 2.50 bits per heavy atom. The van der Waals surface area contributed by atoms with Crippen LogP contribution in [0, 0.1) is 12.3 Å². The first-order valence-corrected chi connectivity index (χ1v) is 6.78. The zero-order chi connectivity index (χ0) is 12.0. The molecule has 2 heteroatoms. The van der Waals surface area contributed by atoms with E-state index in [1.54, 1.807) is 0 Å². The van der Waals surface area contributed by atoms with E-state index >= 15 is 0 Å². The molecule has 1 aromatic rings. The third kappa shape index (κ3) is 3.37. The number of terminal acetylenes is 1. The summed E-state index contributed by atoms with van der Waals surface area (Å²) in [5.41, 5.74) is 3.92. The van der Waals surface area contributed by atoms with Gasteiger partial charge in [0.15, 0.2) is 9.76 Å². The van der Waals surface area contributed by atoms with Crippen LogP contribution in [0.5, 0.6) is 0 Å². The fourth-order valence-corrected chi connectivity index (χ4v) is 2.34. The molecule has 0 saturated heterocycles. The number of hydrogen-bond donors (Lipinski definition) is 0. The number of hydrogen-bond acceptors (Lipinski definition) is 1. The zero-order valence-electron chi connectivity index (χ0n) is 10.2. The van der Waals surface area contributed by atoms with Crippen molar-refractivity contribution in [1.82, 2.24) is 0 Å². The van der Waals surface area contributed by atoms with Crippen LogP contribution in [0.4, 0.5) is 0 Å². The Hall–Kier alpha value is -1.30. The lowest BCUT2D eigenvalue weighted by molar-refractivity contribution is 0.164. The average molecular weight is 230 g/mol. The van der Waals surface area contributed by atoms with E-state index in [2.05, 4.69) is 25.5 Å². The van der Waals surface area contributed by atoms with Gasteiger partial charge in [-0.05, 0) is 26.3 Å². The summed E-state index contributed by atoms with van der Waals surface area (Å²) in [6.07, 6.45) is 5.58. The molecule has 1 atom stereocenters. The summed E-state index contributed by atoms with van der Waals surface area (Å²) in [7, 11) is -0.700. The Morgan fingerprint density at radius 1 is 1.38 bits per heavy atom. The van der Waals surface area contributed by atoms with E-state index in [0.29, 0.717) is 0 Å². The second-order valence-electron chi connectivity index (χ2n) is 4.14. The molecule has 0 aromatic heterocycles. The van der Waals surface area contributed by atoms with Crippen LogP contribution in [-0.2, 0) is 10.0 Å². The fraction of sp³-hybridized carbons (Fsp3) is 0.286. The Bertz CT molecular complexity index is 398. The maximum atomic E-state index is 5.90. The van der Waals surface area contributed by atoms with E-state index in [-0.39, 0.29) is 0 Å². The minimum atomic E-state index is -0.700. The van der Waals surface area contributed by atoms with Crippen molar-refractivity contribution in [3.05, 3.63) is 47.2 Å². The van der Waals surface area contributed by atoms with Gasteiger partial charge in [0.2, 0.25) is 0 Å². The van der Waals surface area contributed by atoms with Crippen molar-refractivity contribution in [3.8, 4) is 12.3 Å². The molecule has 0 saturated carbocycles. The minimum absolute atomic E-state index is 0.584. The van der Waals surface area contributed by atoms with Crippen LogP contribution >= 0.6 is 0 Å². The van der Waals surface area contributed by atoms with E-state index in [9.17, 15) is 0 Å². The summed E-state index contributed by atoms with van der Waals surface area (Å²) in [5, 5.41) is 0. The normalized spacial score (nSPS) is 14.4. The van der Waals surface area contributed by atoms with Crippen molar-refractivity contribution in [2.24, 2.45) is 0 Å². The highest BCUT2D eigenvalue weighted by Gasteiger charge is 2.23. The van der Waals surface area contributed by atoms with E-state index in [4.69, 9.17) is 10.8 Å². The summed E-state index contributed by atoms with van der Waals surface area (Å²) in [6.45, 7) is 6.10. The summed E-state index contributed by atoms with van der Waals surface area (Å²) in [6, 6.07) is 9.97. The predicted molar refractivity (Wildman–Crippen MR) is 71.7 cm³/mol. The predicted octanol–water partition coefficient (Wildman–Crippen LogP) is 2.56. The lowest BCUT2D eigenvalue weighted by atomic mass is 9.97. The van der Waals surface area contributed by atoms with E-state index < -0.39 is 15.4 Å². The third-order valence-electron chi connectivity index (χ3n) is 2.46. The van der Waals surface area contributed by atoms with E-state index in [1.165, 1.54) is 5.57 Å². The molecule has 1 unspecified atom stereocenters. The number of allylic oxidation sites excluding steroid dienone is 1. The zero-order valence-corrected chi connectivity index (χ0v) is 11.6. The average Bonchev–Trinajstić information content (AvgIpc) is 2.29. The van der Waals surface area contributed by atoms with Crippen molar-refractivity contribution in [2.45, 2.75) is 26.4 Å². The van der Waals surface area contributed by atoms with Gasteiger partial charge in [0.1, 0.15) is 5.60 Å². The monoisotopic (exact) mass is 230 g/mol. The molecule has 0 fully saturated rings. The minimum Gasteiger partial charge on any atom is -0.400 e. The third-order valence-corrected chi connectivity index (χ3v) is 4.19. The molecular formula is C14H18OSi. The summed E-state index contributed by atoms with van der Waals surface area (Å²) < 4.78 is 5.90. The van der Waals surface area contributed by atoms with Crippen LogP contribution in [-0.4, -0.2) is 9.76 Å². The van der Waals surface area contributed by atoms with Crippen LogP contribution < -0.4 is 0 Å². The molecule has 84 valence electrons. The quantitative estimate of drug-likeness (QED) is 0.570. The van der Waals surface area contributed by atoms with Gasteiger partial charge < -0.3 is 4.43 Å². The van der Waals surface area contributed by atoms with Gasteiger partial charge in [-0.1, -0.05) is 47.5 Å². The molecule has 1 nitrogen and oxygen atoms in total. The molecule has 1 aromatic carbocycles. The van der Waals surface area contributed by atoms with Gasteiger partial charge in [-0.15, -0.1) is 6.42 Å². The first-order valence-electron chi connectivity index (χ1n) is 5.39. The van der Waals surface area contributed by atoms with Crippen molar-refractivity contribution >= 4 is 9.76 Å². The molecule has 0 amide bonds. The molecule has 16 heavy (non-hydrogen) atoms. The second-order valence-corrected chi connectivity index (χ2v) is 5.17. The molecule has 0 aliphatic heterocycles. The molecule has 0 aliphatic rings. The first-order chi connectivity index (χ1) is 7.58. The van der Waals surface area contributed by atoms with Crippen molar-refractivity contribution in [2.75, 3.05) is 0 Å². The van der Waals surface area contributed by atoms with E-state index in [0.717, 1.165) is 5.56 Å². The lowest BCUT2D eigenvalue weighted by Gasteiger charge is -2.24. The van der Waals surface area contributed by atoms with Crippen molar-refractivity contribution < 1.29 is 4.43 Å². The van der Waals surface area contributed by atoms with Gasteiger partial charge in [-0.2, -0.15) is 0 Å². The van der Waals surface area contributed by atoms with Crippen LogP contribution in [0.3, 0.4) is 0 Å². The number of benzene rings is 1. The molecule has 1 rings (SSSR count). The van der Waals surface area contributed by atoms with E-state index in [1.807, 2.05) is 37.3 Å². The molecule has 0 N–H and O–H groups in total. The Labute approximate surface area is 100 Å². The summed E-state index contributed by atoms with van der Waals surface area (Å²) in [5.74, 6) is 2.75. The van der Waals surface area contributed by atoms with Gasteiger partial charge in [0, 0.05) is 0 Å². The van der Waals surface area contributed by atoms with Crippen LogP contribution in [0.2, 0.25) is 0 Å². The standard InChI is InChI=1S/C14H18OSi/c1-5-14(4,15-16-11-12(2)3)13-9-7-6-8-10-13/h1,6-11H,16H2,2-4H3. The van der Waals surface area contributed by atoms with Gasteiger partial charge in [0.25, 0.3) is 0 Å². The summed E-state index contributed by atoms with van der Waals surface area (Å²) >= 11 is 0. The Morgan fingerprint density at radius 2 is 2.00 bits per heavy atom. The largest absolute Gasteiger partial charge is 0.400 e. The summed E-state index contributed by atoms with van der Waals surface area (Å²) in [4.78, 5) is 0. The highest BCUT2D eigenvalue weighted by Crippen LogP contribution is 2.23. The van der Waals surface area contributed by atoms with Crippen molar-refractivity contribution in [3.63, 3.8) is 0 Å².